The smallest absolute Gasteiger partial charge is 0.306 e. The highest BCUT2D eigenvalue weighted by Crippen LogP contribution is 2.15. The maximum absolute atomic E-state index is 13.5. The van der Waals surface area contributed by atoms with Crippen molar-refractivity contribution in [2.24, 2.45) is 29.6 Å². The van der Waals surface area contributed by atoms with E-state index in [9.17, 15) is 39.0 Å². The summed E-state index contributed by atoms with van der Waals surface area (Å²) in [6.07, 6.45) is -2.76. The number of hydrogen-bond donors (Lipinski definition) is 8. The fourth-order valence-electron chi connectivity index (χ4n) is 5.16. The SMILES string of the molecule is CC(C)CC(=O)N[C@@H](C(=O)N[C@@H](C(=O)N[C@@H](CC(C)C)[C@@H](O)CC(=O)N[C@@H](C)C(=O)N[C@H](CC(C)C)[C@@H](O)CC(=O)O)C(C)C)C(C)C. The van der Waals surface area contributed by atoms with Crippen molar-refractivity contribution in [3.05, 3.63) is 0 Å². The minimum absolute atomic E-state index is 0.0152. The Morgan fingerprint density at radius 1 is 0.479 bits per heavy atom. The molecule has 14 nitrogen and oxygen atoms in total. The summed E-state index contributed by atoms with van der Waals surface area (Å²) in [5, 5.41) is 43.9. The van der Waals surface area contributed by atoms with Crippen LogP contribution in [0.3, 0.4) is 0 Å². The van der Waals surface area contributed by atoms with Gasteiger partial charge in [0.15, 0.2) is 0 Å². The molecular weight excluding hydrogens is 622 g/mol. The number of aliphatic hydroxyl groups excluding tert-OH is 2. The van der Waals surface area contributed by atoms with Gasteiger partial charge in [-0.15, -0.1) is 0 Å². The summed E-state index contributed by atoms with van der Waals surface area (Å²) in [5.74, 6) is -4.25. The molecule has 0 saturated heterocycles. The molecule has 14 heteroatoms. The van der Waals surface area contributed by atoms with Gasteiger partial charge in [0.25, 0.3) is 0 Å². The van der Waals surface area contributed by atoms with E-state index >= 15 is 0 Å². The fourth-order valence-corrected chi connectivity index (χ4v) is 5.16. The van der Waals surface area contributed by atoms with Gasteiger partial charge < -0.3 is 41.9 Å². The van der Waals surface area contributed by atoms with Crippen LogP contribution < -0.4 is 26.6 Å². The van der Waals surface area contributed by atoms with E-state index in [1.54, 1.807) is 27.7 Å². The molecule has 48 heavy (non-hydrogen) atoms. The number of hydrogen-bond acceptors (Lipinski definition) is 8. The fraction of sp³-hybridized carbons (Fsp3) is 0.824. The Labute approximate surface area is 286 Å². The van der Waals surface area contributed by atoms with Gasteiger partial charge in [-0.2, -0.15) is 0 Å². The first-order chi connectivity index (χ1) is 22.0. The normalized spacial score (nSPS) is 16.1. The molecule has 0 aliphatic rings. The van der Waals surface area contributed by atoms with E-state index in [1.165, 1.54) is 6.92 Å². The summed E-state index contributed by atoms with van der Waals surface area (Å²) in [5.41, 5.74) is 0. The van der Waals surface area contributed by atoms with Crippen molar-refractivity contribution in [3.63, 3.8) is 0 Å². The zero-order valence-corrected chi connectivity index (χ0v) is 30.8. The number of carboxylic acid groups (broad SMARTS) is 1. The molecule has 5 amide bonds. The molecule has 0 aromatic rings. The number of aliphatic carboxylic acids is 1. The molecular formula is C34H63N5O9. The van der Waals surface area contributed by atoms with Gasteiger partial charge in [-0.3, -0.25) is 28.8 Å². The number of rotatable bonds is 22. The van der Waals surface area contributed by atoms with Crippen LogP contribution in [0, 0.1) is 29.6 Å². The van der Waals surface area contributed by atoms with Crippen molar-refractivity contribution >= 4 is 35.5 Å². The second-order valence-corrected chi connectivity index (χ2v) is 14.8. The van der Waals surface area contributed by atoms with Crippen LogP contribution in [0.5, 0.6) is 0 Å². The van der Waals surface area contributed by atoms with Crippen LogP contribution in [0.2, 0.25) is 0 Å². The first kappa shape index (κ1) is 44.7. The Hall–Kier alpha value is -3.26. The molecule has 0 saturated carbocycles. The highest BCUT2D eigenvalue weighted by molar-refractivity contribution is 5.92. The molecule has 0 aromatic carbocycles. The molecule has 278 valence electrons. The zero-order valence-electron chi connectivity index (χ0n) is 30.8. The molecule has 0 unspecified atom stereocenters. The summed E-state index contributed by atoms with van der Waals surface area (Å²) >= 11 is 0. The van der Waals surface area contributed by atoms with Gasteiger partial charge in [-0.25, -0.2) is 0 Å². The van der Waals surface area contributed by atoms with Crippen LogP contribution in [0.1, 0.15) is 108 Å². The molecule has 0 aliphatic carbocycles. The molecule has 8 N–H and O–H groups in total. The average molecular weight is 686 g/mol. The topological polar surface area (TPSA) is 223 Å². The lowest BCUT2D eigenvalue weighted by Crippen LogP contribution is -2.59. The number of nitrogens with one attached hydrogen (secondary N) is 5. The van der Waals surface area contributed by atoms with Gasteiger partial charge in [0.1, 0.15) is 18.1 Å². The monoisotopic (exact) mass is 685 g/mol. The standard InChI is InChI=1S/C34H63N5O9/c1-17(2)12-23(37-33(47)31(21(9)10)39-34(48)30(20(7)8)38-27(42)14-19(5)6)25(40)15-28(43)35-22(11)32(46)36-24(13-18(3)4)26(41)16-29(44)45/h17-26,30-31,40-41H,12-16H2,1-11H3,(H,35,43)(H,36,46)(H,37,47)(H,38,42)(H,39,48)(H,44,45)/t22-,23-,24+,25-,26-,30+,31+/m0/s1. The van der Waals surface area contributed by atoms with Crippen LogP contribution in [-0.4, -0.2) is 93.2 Å². The third kappa shape index (κ3) is 17.8. The number of aliphatic hydroxyl groups is 2. The number of amides is 5. The first-order valence-electron chi connectivity index (χ1n) is 17.1. The third-order valence-electron chi connectivity index (χ3n) is 7.69. The molecule has 7 atom stereocenters. The van der Waals surface area contributed by atoms with Gasteiger partial charge in [0, 0.05) is 6.42 Å². The van der Waals surface area contributed by atoms with Crippen molar-refractivity contribution in [2.75, 3.05) is 0 Å². The van der Waals surface area contributed by atoms with E-state index in [0.29, 0.717) is 12.8 Å². The lowest BCUT2D eigenvalue weighted by atomic mass is 9.95. The number of carbonyl (C=O) groups is 6. The molecule has 0 radical (unpaired) electrons. The molecule has 0 aromatic heterocycles. The Morgan fingerprint density at radius 2 is 0.875 bits per heavy atom. The Kier molecular flexibility index (Phi) is 20.2. The molecule has 0 rings (SSSR count). The zero-order chi connectivity index (χ0) is 37.5. The molecule has 0 aliphatic heterocycles. The number of carboxylic acids is 1. The highest BCUT2D eigenvalue weighted by Gasteiger charge is 2.34. The van der Waals surface area contributed by atoms with E-state index in [4.69, 9.17) is 5.11 Å². The van der Waals surface area contributed by atoms with E-state index in [1.807, 2.05) is 41.5 Å². The lowest BCUT2D eigenvalue weighted by molar-refractivity contribution is -0.140. The molecule has 0 spiro atoms. The summed E-state index contributed by atoms with van der Waals surface area (Å²) in [4.78, 5) is 75.9. The number of carbonyl (C=O) groups excluding carboxylic acids is 5. The molecule has 0 heterocycles. The van der Waals surface area contributed by atoms with Crippen molar-refractivity contribution in [1.29, 1.82) is 0 Å². The van der Waals surface area contributed by atoms with Crippen molar-refractivity contribution in [3.8, 4) is 0 Å². The summed E-state index contributed by atoms with van der Waals surface area (Å²) in [6.45, 7) is 19.8. The Balaban J connectivity index is 5.60. The van der Waals surface area contributed by atoms with Crippen LogP contribution >= 0.6 is 0 Å². The third-order valence-corrected chi connectivity index (χ3v) is 7.69. The average Bonchev–Trinajstić information content (AvgIpc) is 2.91. The van der Waals surface area contributed by atoms with E-state index in [0.717, 1.165) is 0 Å². The van der Waals surface area contributed by atoms with Crippen LogP contribution in [0.15, 0.2) is 0 Å². The van der Waals surface area contributed by atoms with Gasteiger partial charge in [-0.1, -0.05) is 69.2 Å². The second-order valence-electron chi connectivity index (χ2n) is 14.8. The molecule has 0 bridgehead atoms. The van der Waals surface area contributed by atoms with Gasteiger partial charge in [0.2, 0.25) is 29.5 Å². The summed E-state index contributed by atoms with van der Waals surface area (Å²) < 4.78 is 0. The van der Waals surface area contributed by atoms with Crippen LogP contribution in [0.4, 0.5) is 0 Å². The summed E-state index contributed by atoms with van der Waals surface area (Å²) in [6, 6.07) is -4.61. The lowest BCUT2D eigenvalue weighted by Gasteiger charge is -2.31. The first-order valence-corrected chi connectivity index (χ1v) is 17.1. The van der Waals surface area contributed by atoms with E-state index < -0.39 is 84.9 Å². The maximum atomic E-state index is 13.5. The van der Waals surface area contributed by atoms with Gasteiger partial charge in [0.05, 0.1) is 37.1 Å². The quantitative estimate of drug-likeness (QED) is 0.0825. The minimum atomic E-state index is -1.33. The van der Waals surface area contributed by atoms with Crippen molar-refractivity contribution < 1.29 is 44.1 Å². The predicted octanol–water partition coefficient (Wildman–Crippen LogP) is 1.47. The maximum Gasteiger partial charge on any atom is 0.306 e. The van der Waals surface area contributed by atoms with E-state index in [-0.39, 0.29) is 41.9 Å². The minimum Gasteiger partial charge on any atom is -0.481 e. The molecule has 0 fully saturated rings. The Morgan fingerprint density at radius 3 is 1.29 bits per heavy atom. The van der Waals surface area contributed by atoms with Crippen molar-refractivity contribution in [2.45, 2.75) is 151 Å². The Bertz CT molecular complexity index is 1060. The summed E-state index contributed by atoms with van der Waals surface area (Å²) in [7, 11) is 0. The van der Waals surface area contributed by atoms with Crippen LogP contribution in [-0.2, 0) is 28.8 Å². The van der Waals surface area contributed by atoms with Gasteiger partial charge in [-0.05, 0) is 49.4 Å². The van der Waals surface area contributed by atoms with Gasteiger partial charge >= 0.3 is 5.97 Å². The van der Waals surface area contributed by atoms with E-state index in [2.05, 4.69) is 26.6 Å². The van der Waals surface area contributed by atoms with Crippen molar-refractivity contribution in [1.82, 2.24) is 26.6 Å². The highest BCUT2D eigenvalue weighted by atomic mass is 16.4. The second kappa shape index (κ2) is 21.7. The van der Waals surface area contributed by atoms with Crippen LogP contribution in [0.25, 0.3) is 0 Å². The predicted molar refractivity (Wildman–Crippen MR) is 182 cm³/mol. The largest absolute Gasteiger partial charge is 0.481 e.